The minimum atomic E-state index is -0.846. The Morgan fingerprint density at radius 3 is 2.33 bits per heavy atom. The van der Waals surface area contributed by atoms with Gasteiger partial charge in [0.15, 0.2) is 0 Å². The van der Waals surface area contributed by atoms with Gasteiger partial charge in [-0.25, -0.2) is 8.78 Å². The number of benzene rings is 3. The zero-order valence-electron chi connectivity index (χ0n) is 15.9. The van der Waals surface area contributed by atoms with E-state index in [2.05, 4.69) is 5.32 Å². The number of carboxylic acid groups (broad SMARTS) is 1. The van der Waals surface area contributed by atoms with Crippen molar-refractivity contribution in [1.29, 1.82) is 0 Å². The predicted molar refractivity (Wildman–Crippen MR) is 108 cm³/mol. The minimum Gasteiger partial charge on any atom is -0.507 e. The van der Waals surface area contributed by atoms with E-state index in [1.807, 2.05) is 0 Å². The van der Waals surface area contributed by atoms with Crippen molar-refractivity contribution in [2.24, 2.45) is 0 Å². The first-order valence-electron chi connectivity index (χ1n) is 9.24. The number of anilines is 1. The van der Waals surface area contributed by atoms with Crippen LogP contribution in [0.15, 0.2) is 60.7 Å². The van der Waals surface area contributed by atoms with Crippen molar-refractivity contribution < 1.29 is 28.6 Å². The van der Waals surface area contributed by atoms with E-state index in [-0.39, 0.29) is 23.3 Å². The first-order chi connectivity index (χ1) is 14.3. The van der Waals surface area contributed by atoms with Gasteiger partial charge in [-0.15, -0.1) is 0 Å². The molecule has 5 nitrogen and oxygen atoms in total. The lowest BCUT2D eigenvalue weighted by Crippen LogP contribution is -2.12. The Morgan fingerprint density at radius 2 is 1.67 bits per heavy atom. The van der Waals surface area contributed by atoms with Gasteiger partial charge in [-0.05, 0) is 60.4 Å². The molecule has 3 aromatic carbocycles. The molecular formula is C23H19F2NO4. The highest BCUT2D eigenvalue weighted by Gasteiger charge is 2.15. The third-order valence-corrected chi connectivity index (χ3v) is 4.55. The average molecular weight is 411 g/mol. The summed E-state index contributed by atoms with van der Waals surface area (Å²) in [6.45, 7) is 0. The van der Waals surface area contributed by atoms with E-state index in [0.29, 0.717) is 24.1 Å². The molecule has 0 aliphatic rings. The van der Waals surface area contributed by atoms with Crippen LogP contribution in [-0.2, 0) is 11.2 Å². The number of phenolic OH excluding ortho intramolecular Hbond substituents is 1. The van der Waals surface area contributed by atoms with Crippen LogP contribution in [0.5, 0.6) is 5.75 Å². The summed E-state index contributed by atoms with van der Waals surface area (Å²) in [5, 5.41) is 21.4. The van der Waals surface area contributed by atoms with Gasteiger partial charge in [0.2, 0.25) is 0 Å². The molecule has 0 aromatic heterocycles. The number of hydrogen-bond acceptors (Lipinski definition) is 3. The fourth-order valence-electron chi connectivity index (χ4n) is 3.01. The van der Waals surface area contributed by atoms with Gasteiger partial charge in [-0.2, -0.15) is 0 Å². The van der Waals surface area contributed by atoms with Gasteiger partial charge in [0.05, 0.1) is 5.56 Å². The number of rotatable bonds is 7. The molecule has 0 bridgehead atoms. The summed E-state index contributed by atoms with van der Waals surface area (Å²) in [4.78, 5) is 23.2. The number of aliphatic carboxylic acids is 1. The Kier molecular flexibility index (Phi) is 6.41. The van der Waals surface area contributed by atoms with Gasteiger partial charge in [0.25, 0.3) is 5.91 Å². The van der Waals surface area contributed by atoms with Crippen LogP contribution >= 0.6 is 0 Å². The minimum absolute atomic E-state index is 0.0539. The van der Waals surface area contributed by atoms with Crippen molar-refractivity contribution in [2.45, 2.75) is 19.3 Å². The summed E-state index contributed by atoms with van der Waals surface area (Å²) in [6.07, 6.45) is 1.21. The molecule has 0 heterocycles. The monoisotopic (exact) mass is 411 g/mol. The zero-order chi connectivity index (χ0) is 21.7. The molecule has 30 heavy (non-hydrogen) atoms. The fourth-order valence-corrected chi connectivity index (χ4v) is 3.01. The van der Waals surface area contributed by atoms with E-state index >= 15 is 0 Å². The maximum Gasteiger partial charge on any atom is 0.303 e. The van der Waals surface area contributed by atoms with E-state index < -0.39 is 23.5 Å². The van der Waals surface area contributed by atoms with E-state index in [1.165, 1.54) is 24.3 Å². The number of amides is 1. The molecule has 0 radical (unpaired) electrons. The number of carbonyl (C=O) groups is 2. The Labute approximate surface area is 171 Å². The lowest BCUT2D eigenvalue weighted by molar-refractivity contribution is -0.137. The molecule has 7 heteroatoms. The molecule has 3 N–H and O–H groups in total. The Bertz CT molecular complexity index is 1080. The second kappa shape index (κ2) is 9.17. The lowest BCUT2D eigenvalue weighted by atomic mass is 10.0. The van der Waals surface area contributed by atoms with E-state index in [0.717, 1.165) is 17.7 Å². The number of aromatic hydroxyl groups is 1. The SMILES string of the molecule is O=C(O)CCCc1ccc(NC(=O)c2cc(-c3ccc(F)cc3F)ccc2O)cc1. The smallest absolute Gasteiger partial charge is 0.303 e. The Hall–Kier alpha value is -3.74. The molecule has 0 atom stereocenters. The molecule has 0 saturated carbocycles. The second-order valence-corrected chi connectivity index (χ2v) is 6.75. The first-order valence-corrected chi connectivity index (χ1v) is 9.24. The van der Waals surface area contributed by atoms with Crippen molar-refractivity contribution in [3.05, 3.63) is 83.4 Å². The number of carboxylic acids is 1. The van der Waals surface area contributed by atoms with Gasteiger partial charge in [-0.3, -0.25) is 9.59 Å². The zero-order valence-corrected chi connectivity index (χ0v) is 15.9. The van der Waals surface area contributed by atoms with Crippen molar-refractivity contribution in [3.63, 3.8) is 0 Å². The summed E-state index contributed by atoms with van der Waals surface area (Å²) in [5.74, 6) is -3.19. The van der Waals surface area contributed by atoms with Crippen LogP contribution in [0.1, 0.15) is 28.8 Å². The van der Waals surface area contributed by atoms with Gasteiger partial charge < -0.3 is 15.5 Å². The maximum absolute atomic E-state index is 14.1. The standard InChI is InChI=1S/C23H19F2NO4/c24-16-7-10-18(20(25)13-16)15-6-11-21(27)19(12-15)23(30)26-17-8-4-14(5-9-17)2-1-3-22(28)29/h4-13,27H,1-3H2,(H,26,30)(H,28,29). The summed E-state index contributed by atoms with van der Waals surface area (Å²) >= 11 is 0. The number of nitrogens with one attached hydrogen (secondary N) is 1. The summed E-state index contributed by atoms with van der Waals surface area (Å²) in [6, 6.07) is 14.1. The van der Waals surface area contributed by atoms with Crippen LogP contribution in [0.2, 0.25) is 0 Å². The largest absolute Gasteiger partial charge is 0.507 e. The summed E-state index contributed by atoms with van der Waals surface area (Å²) in [7, 11) is 0. The molecule has 0 fully saturated rings. The Morgan fingerprint density at radius 1 is 0.933 bits per heavy atom. The maximum atomic E-state index is 14.1. The van der Waals surface area contributed by atoms with Crippen molar-refractivity contribution in [1.82, 2.24) is 0 Å². The van der Waals surface area contributed by atoms with E-state index in [1.54, 1.807) is 24.3 Å². The van der Waals surface area contributed by atoms with Gasteiger partial charge >= 0.3 is 5.97 Å². The van der Waals surface area contributed by atoms with Crippen LogP contribution in [0.3, 0.4) is 0 Å². The molecule has 0 spiro atoms. The number of carbonyl (C=O) groups excluding carboxylic acids is 1. The number of phenols is 1. The molecule has 154 valence electrons. The van der Waals surface area contributed by atoms with Crippen LogP contribution in [0.4, 0.5) is 14.5 Å². The molecule has 1 amide bonds. The van der Waals surface area contributed by atoms with Crippen LogP contribution < -0.4 is 5.32 Å². The third kappa shape index (κ3) is 5.20. The highest BCUT2D eigenvalue weighted by atomic mass is 19.1. The quantitative estimate of drug-likeness (QED) is 0.511. The van der Waals surface area contributed by atoms with Gasteiger partial charge in [-0.1, -0.05) is 18.2 Å². The number of aryl methyl sites for hydroxylation is 1. The molecular weight excluding hydrogens is 392 g/mol. The third-order valence-electron chi connectivity index (χ3n) is 4.55. The lowest BCUT2D eigenvalue weighted by Gasteiger charge is -2.10. The highest BCUT2D eigenvalue weighted by molar-refractivity contribution is 6.06. The number of halogens is 2. The van der Waals surface area contributed by atoms with Crippen LogP contribution in [0.25, 0.3) is 11.1 Å². The molecule has 0 unspecified atom stereocenters. The van der Waals surface area contributed by atoms with Gasteiger partial charge in [0, 0.05) is 23.7 Å². The van der Waals surface area contributed by atoms with Crippen LogP contribution in [0, 0.1) is 11.6 Å². The van der Waals surface area contributed by atoms with Crippen LogP contribution in [-0.4, -0.2) is 22.1 Å². The molecule has 3 aromatic rings. The first kappa shape index (κ1) is 21.0. The van der Waals surface area contributed by atoms with Crippen molar-refractivity contribution >= 4 is 17.6 Å². The molecule has 0 aliphatic heterocycles. The summed E-state index contributed by atoms with van der Waals surface area (Å²) < 4.78 is 27.2. The average Bonchev–Trinajstić information content (AvgIpc) is 2.69. The van der Waals surface area contributed by atoms with Crippen molar-refractivity contribution in [3.8, 4) is 16.9 Å². The fraction of sp³-hybridized carbons (Fsp3) is 0.130. The molecule has 3 rings (SSSR count). The normalized spacial score (nSPS) is 10.6. The Balaban J connectivity index is 1.74. The van der Waals surface area contributed by atoms with Crippen molar-refractivity contribution in [2.75, 3.05) is 5.32 Å². The predicted octanol–water partition coefficient (Wildman–Crippen LogP) is 5.00. The van der Waals surface area contributed by atoms with Gasteiger partial charge in [0.1, 0.15) is 17.4 Å². The second-order valence-electron chi connectivity index (χ2n) is 6.75. The topological polar surface area (TPSA) is 86.6 Å². The highest BCUT2D eigenvalue weighted by Crippen LogP contribution is 2.29. The summed E-state index contributed by atoms with van der Waals surface area (Å²) in [5.41, 5.74) is 1.80. The number of hydrogen-bond donors (Lipinski definition) is 3. The molecule has 0 saturated heterocycles. The van der Waals surface area contributed by atoms with E-state index in [4.69, 9.17) is 5.11 Å². The molecule has 0 aliphatic carbocycles. The van der Waals surface area contributed by atoms with E-state index in [9.17, 15) is 23.5 Å².